The largest absolute Gasteiger partial charge is 0.353 e. The number of carbonyl (C=O) groups is 1. The Morgan fingerprint density at radius 1 is 1.28 bits per heavy atom. The minimum atomic E-state index is -0.476. The van der Waals surface area contributed by atoms with Gasteiger partial charge in [-0.15, -0.1) is 36.2 Å². The van der Waals surface area contributed by atoms with Crippen molar-refractivity contribution in [1.29, 1.82) is 0 Å². The van der Waals surface area contributed by atoms with Crippen molar-refractivity contribution in [2.75, 3.05) is 13.1 Å². The molecule has 0 aliphatic carbocycles. The average Bonchev–Trinajstić information content (AvgIpc) is 3.03. The molecule has 2 aromatic rings. The second kappa shape index (κ2) is 10.1. The van der Waals surface area contributed by atoms with Crippen LogP contribution in [0.5, 0.6) is 0 Å². The maximum absolute atomic E-state index is 11.9. The van der Waals surface area contributed by atoms with Gasteiger partial charge in [-0.2, -0.15) is 0 Å². The summed E-state index contributed by atoms with van der Waals surface area (Å²) in [5.41, 5.74) is 8.31. The van der Waals surface area contributed by atoms with E-state index in [0.29, 0.717) is 6.54 Å². The molecule has 0 fully saturated rings. The van der Waals surface area contributed by atoms with E-state index in [9.17, 15) is 4.79 Å². The summed E-state index contributed by atoms with van der Waals surface area (Å²) in [5, 5.41) is 5.16. The maximum Gasteiger partial charge on any atom is 0.236 e. The number of thiophene rings is 1. The molecule has 1 aliphatic rings. The maximum atomic E-state index is 11.9. The number of benzene rings is 1. The number of nitrogens with one attached hydrogen (secondary N) is 1. The zero-order valence-corrected chi connectivity index (χ0v) is 16.6. The summed E-state index contributed by atoms with van der Waals surface area (Å²) >= 11 is 1.84. The fourth-order valence-corrected chi connectivity index (χ4v) is 3.92. The zero-order chi connectivity index (χ0) is 16.2. The lowest BCUT2D eigenvalue weighted by molar-refractivity contribution is -0.122. The van der Waals surface area contributed by atoms with Gasteiger partial charge >= 0.3 is 0 Å². The highest BCUT2D eigenvalue weighted by Gasteiger charge is 2.26. The number of nitrogens with zero attached hydrogens (tertiary/aromatic N) is 1. The molecule has 1 amide bonds. The summed E-state index contributed by atoms with van der Waals surface area (Å²) in [7, 11) is 0. The lowest BCUT2D eigenvalue weighted by Crippen LogP contribution is -2.44. The van der Waals surface area contributed by atoms with Gasteiger partial charge in [-0.05, 0) is 35.9 Å². The monoisotopic (exact) mass is 401 g/mol. The molecule has 1 unspecified atom stereocenters. The van der Waals surface area contributed by atoms with Gasteiger partial charge in [0, 0.05) is 24.5 Å². The van der Waals surface area contributed by atoms with Gasteiger partial charge in [0.1, 0.15) is 0 Å². The second-order valence-corrected chi connectivity index (χ2v) is 7.05. The number of hydrogen-bond donors (Lipinski definition) is 2. The van der Waals surface area contributed by atoms with E-state index in [2.05, 4.69) is 45.9 Å². The standard InChI is InChI=1S/C18H23N3OS.2ClH/c1-13(19)18(22)20-11-16(14-5-3-2-4-6-14)21-9-7-17-15(12-21)8-10-23-17;;/h2-6,8,10,13,16H,7,9,11-12,19H2,1H3,(H,20,22);2*1H/t13-,16?;;/m1../s1. The number of amides is 1. The van der Waals surface area contributed by atoms with E-state index in [4.69, 9.17) is 5.73 Å². The first-order valence-corrected chi connectivity index (χ1v) is 8.90. The van der Waals surface area contributed by atoms with Gasteiger partial charge in [0.15, 0.2) is 0 Å². The second-order valence-electron chi connectivity index (χ2n) is 6.05. The van der Waals surface area contributed by atoms with Gasteiger partial charge in [-0.25, -0.2) is 0 Å². The van der Waals surface area contributed by atoms with E-state index in [1.54, 1.807) is 6.92 Å². The Kier molecular flexibility index (Phi) is 8.89. The van der Waals surface area contributed by atoms with Crippen molar-refractivity contribution < 1.29 is 4.79 Å². The number of carbonyl (C=O) groups excluding carboxylic acids is 1. The van der Waals surface area contributed by atoms with Crippen LogP contribution in [-0.2, 0) is 17.8 Å². The molecule has 7 heteroatoms. The Morgan fingerprint density at radius 3 is 2.68 bits per heavy atom. The molecular formula is C18H25Cl2N3OS. The van der Waals surface area contributed by atoms with Crippen LogP contribution in [-0.4, -0.2) is 29.9 Å². The van der Waals surface area contributed by atoms with Gasteiger partial charge in [0.2, 0.25) is 5.91 Å². The third-order valence-corrected chi connectivity index (χ3v) is 5.37. The minimum Gasteiger partial charge on any atom is -0.353 e. The molecule has 0 spiro atoms. The van der Waals surface area contributed by atoms with Crippen LogP contribution in [0.15, 0.2) is 41.8 Å². The number of hydrogen-bond acceptors (Lipinski definition) is 4. The zero-order valence-electron chi connectivity index (χ0n) is 14.2. The van der Waals surface area contributed by atoms with Crippen LogP contribution in [0.1, 0.15) is 29.0 Å². The molecule has 3 N–H and O–H groups in total. The Morgan fingerprint density at radius 2 is 2.00 bits per heavy atom. The molecule has 2 heterocycles. The van der Waals surface area contributed by atoms with E-state index in [1.165, 1.54) is 16.0 Å². The molecule has 1 aliphatic heterocycles. The summed E-state index contributed by atoms with van der Waals surface area (Å²) in [6.07, 6.45) is 1.08. The number of nitrogens with two attached hydrogens (primary N) is 1. The van der Waals surface area contributed by atoms with Crippen molar-refractivity contribution in [3.63, 3.8) is 0 Å². The summed E-state index contributed by atoms with van der Waals surface area (Å²) in [5.74, 6) is -0.0980. The topological polar surface area (TPSA) is 58.4 Å². The molecule has 1 aromatic carbocycles. The Bertz CT molecular complexity index is 663. The lowest BCUT2D eigenvalue weighted by atomic mass is 10.0. The number of halogens is 2. The predicted octanol–water partition coefficient (Wildman–Crippen LogP) is 3.15. The number of rotatable bonds is 5. The van der Waals surface area contributed by atoms with E-state index in [-0.39, 0.29) is 36.8 Å². The Labute approximate surface area is 165 Å². The highest BCUT2D eigenvalue weighted by atomic mass is 35.5. The Hall–Kier alpha value is -1.11. The van der Waals surface area contributed by atoms with Gasteiger partial charge in [-0.1, -0.05) is 30.3 Å². The summed E-state index contributed by atoms with van der Waals surface area (Å²) in [6, 6.07) is 12.3. The summed E-state index contributed by atoms with van der Waals surface area (Å²) < 4.78 is 0. The Balaban J connectivity index is 0.00000156. The van der Waals surface area contributed by atoms with Crippen LogP contribution in [0.3, 0.4) is 0 Å². The summed E-state index contributed by atoms with van der Waals surface area (Å²) in [6.45, 7) is 4.25. The third-order valence-electron chi connectivity index (χ3n) is 4.35. The van der Waals surface area contributed by atoms with E-state index in [0.717, 1.165) is 19.5 Å². The molecular weight excluding hydrogens is 377 g/mol. The van der Waals surface area contributed by atoms with Crippen molar-refractivity contribution in [2.45, 2.75) is 32.0 Å². The molecule has 3 rings (SSSR count). The van der Waals surface area contributed by atoms with E-state index in [1.807, 2.05) is 17.4 Å². The molecule has 25 heavy (non-hydrogen) atoms. The van der Waals surface area contributed by atoms with Crippen LogP contribution in [0.25, 0.3) is 0 Å². The quantitative estimate of drug-likeness (QED) is 0.808. The van der Waals surface area contributed by atoms with Gasteiger partial charge < -0.3 is 11.1 Å². The highest BCUT2D eigenvalue weighted by Crippen LogP contribution is 2.30. The van der Waals surface area contributed by atoms with Gasteiger partial charge in [-0.3, -0.25) is 9.69 Å². The minimum absolute atomic E-state index is 0. The molecule has 4 nitrogen and oxygen atoms in total. The SMILES string of the molecule is C[C@@H](N)C(=O)NCC(c1ccccc1)N1CCc2sccc2C1.Cl.Cl. The first-order chi connectivity index (χ1) is 11.1. The highest BCUT2D eigenvalue weighted by molar-refractivity contribution is 7.10. The van der Waals surface area contributed by atoms with Crippen LogP contribution in [0, 0.1) is 0 Å². The van der Waals surface area contributed by atoms with E-state index < -0.39 is 6.04 Å². The summed E-state index contributed by atoms with van der Waals surface area (Å²) in [4.78, 5) is 15.8. The fourth-order valence-electron chi connectivity index (χ4n) is 3.03. The first-order valence-electron chi connectivity index (χ1n) is 8.02. The number of fused-ring (bicyclic) bond motifs is 1. The van der Waals surface area contributed by atoms with Crippen LogP contribution >= 0.6 is 36.2 Å². The van der Waals surface area contributed by atoms with Gasteiger partial charge in [0.05, 0.1) is 12.1 Å². The molecule has 0 bridgehead atoms. The first kappa shape index (κ1) is 21.9. The van der Waals surface area contributed by atoms with Crippen LogP contribution in [0.2, 0.25) is 0 Å². The lowest BCUT2D eigenvalue weighted by Gasteiger charge is -2.35. The molecule has 0 saturated carbocycles. The fraction of sp³-hybridized carbons (Fsp3) is 0.389. The predicted molar refractivity (Wildman–Crippen MR) is 109 cm³/mol. The van der Waals surface area contributed by atoms with Crippen molar-refractivity contribution in [3.05, 3.63) is 57.8 Å². The average molecular weight is 402 g/mol. The third kappa shape index (κ3) is 5.43. The van der Waals surface area contributed by atoms with Crippen molar-refractivity contribution in [1.82, 2.24) is 10.2 Å². The van der Waals surface area contributed by atoms with Crippen LogP contribution < -0.4 is 11.1 Å². The van der Waals surface area contributed by atoms with E-state index >= 15 is 0 Å². The molecule has 0 saturated heterocycles. The smallest absolute Gasteiger partial charge is 0.236 e. The molecule has 138 valence electrons. The van der Waals surface area contributed by atoms with Crippen LogP contribution in [0.4, 0.5) is 0 Å². The van der Waals surface area contributed by atoms with Crippen molar-refractivity contribution >= 4 is 42.1 Å². The molecule has 1 aromatic heterocycles. The van der Waals surface area contributed by atoms with Crippen molar-refractivity contribution in [2.24, 2.45) is 5.73 Å². The molecule has 0 radical (unpaired) electrons. The molecule has 2 atom stereocenters. The normalized spacial score (nSPS) is 15.9. The van der Waals surface area contributed by atoms with Gasteiger partial charge in [0.25, 0.3) is 0 Å². The van der Waals surface area contributed by atoms with Crippen molar-refractivity contribution in [3.8, 4) is 0 Å².